The highest BCUT2D eigenvalue weighted by molar-refractivity contribution is 5.91. The SMILES string of the molecule is CCCCCCC/C=C/C(=O)N(O)CCCNC(=O)CC(O)(CC(=O)NCCC([NH3+])C(=O)[O-])C(=O)[O-]. The molecule has 0 aromatic rings. The van der Waals surface area contributed by atoms with Crippen molar-refractivity contribution in [2.75, 3.05) is 19.6 Å². The quantitative estimate of drug-likeness (QED) is 0.0474. The third-order valence-electron chi connectivity index (χ3n) is 5.29. The first-order valence-electron chi connectivity index (χ1n) is 12.1. The molecular weight excluding hydrogens is 476 g/mol. The van der Waals surface area contributed by atoms with E-state index in [1.165, 1.54) is 12.5 Å². The Morgan fingerprint density at radius 1 is 0.972 bits per heavy atom. The van der Waals surface area contributed by atoms with E-state index in [1.54, 1.807) is 6.08 Å². The minimum absolute atomic E-state index is 0.0340. The van der Waals surface area contributed by atoms with Gasteiger partial charge in [-0.1, -0.05) is 38.7 Å². The van der Waals surface area contributed by atoms with Crippen LogP contribution >= 0.6 is 0 Å². The molecule has 0 aliphatic heterocycles. The molecule has 0 aromatic heterocycles. The van der Waals surface area contributed by atoms with E-state index in [2.05, 4.69) is 23.3 Å². The predicted molar refractivity (Wildman–Crippen MR) is 122 cm³/mol. The molecule has 0 heterocycles. The van der Waals surface area contributed by atoms with Crippen molar-refractivity contribution in [1.29, 1.82) is 0 Å². The van der Waals surface area contributed by atoms with Crippen molar-refractivity contribution in [3.05, 3.63) is 12.2 Å². The number of hydrogen-bond acceptors (Lipinski definition) is 9. The molecule has 206 valence electrons. The highest BCUT2D eigenvalue weighted by atomic mass is 16.5. The van der Waals surface area contributed by atoms with Crippen molar-refractivity contribution in [3.8, 4) is 0 Å². The Kier molecular flexibility index (Phi) is 16.7. The molecule has 0 aliphatic carbocycles. The highest BCUT2D eigenvalue weighted by Gasteiger charge is 2.34. The predicted octanol–water partition coefficient (Wildman–Crippen LogP) is -3.24. The van der Waals surface area contributed by atoms with E-state index in [4.69, 9.17) is 0 Å². The van der Waals surface area contributed by atoms with E-state index < -0.39 is 54.1 Å². The number of amides is 3. The molecule has 2 atom stereocenters. The number of carbonyl (C=O) groups is 5. The Bertz CT molecular complexity index is 760. The standard InChI is InChI=1S/C23H40N4O9/c1-2-3-4-5-6-7-8-10-20(30)27(36)14-9-12-25-18(28)15-23(35,22(33)34)16-19(29)26-13-11-17(24)21(31)32/h8,10,17,35-36H,2-7,9,11-16,24H2,1H3,(H,25,28)(H,26,29)(H,31,32)(H,33,34)/p-1/b10-8+. The molecule has 0 spiro atoms. The van der Waals surface area contributed by atoms with Crippen LogP contribution in [0.5, 0.6) is 0 Å². The molecule has 2 unspecified atom stereocenters. The Morgan fingerprint density at radius 2 is 1.56 bits per heavy atom. The van der Waals surface area contributed by atoms with Crippen molar-refractivity contribution >= 4 is 29.7 Å². The van der Waals surface area contributed by atoms with Crippen LogP contribution in [0.3, 0.4) is 0 Å². The first-order valence-corrected chi connectivity index (χ1v) is 12.1. The zero-order valence-corrected chi connectivity index (χ0v) is 20.8. The summed E-state index contributed by atoms with van der Waals surface area (Å²) in [6, 6.07) is -1.09. The molecule has 7 N–H and O–H groups in total. The molecule has 36 heavy (non-hydrogen) atoms. The molecule has 0 bridgehead atoms. The number of allylic oxidation sites excluding steroid dienone is 1. The summed E-state index contributed by atoms with van der Waals surface area (Å²) in [5.41, 5.74) is 0.515. The van der Waals surface area contributed by atoms with Crippen LogP contribution in [0.4, 0.5) is 0 Å². The number of hydroxylamine groups is 2. The molecule has 0 saturated heterocycles. The fraction of sp³-hybridized carbons (Fsp3) is 0.696. The number of aliphatic hydroxyl groups is 1. The summed E-state index contributed by atoms with van der Waals surface area (Å²) in [4.78, 5) is 57.7. The van der Waals surface area contributed by atoms with Crippen molar-refractivity contribution in [2.24, 2.45) is 0 Å². The molecule has 0 saturated carbocycles. The topological polar surface area (TPSA) is 227 Å². The van der Waals surface area contributed by atoms with Gasteiger partial charge in [-0.15, -0.1) is 0 Å². The normalized spacial score (nSPS) is 13.6. The van der Waals surface area contributed by atoms with E-state index in [1.807, 2.05) is 0 Å². The zero-order chi connectivity index (χ0) is 27.6. The molecule has 13 nitrogen and oxygen atoms in total. The van der Waals surface area contributed by atoms with Crippen LogP contribution in [0.25, 0.3) is 0 Å². The van der Waals surface area contributed by atoms with Crippen molar-refractivity contribution in [3.63, 3.8) is 0 Å². The lowest BCUT2D eigenvalue weighted by Crippen LogP contribution is -2.68. The average Bonchev–Trinajstić information content (AvgIpc) is 2.80. The van der Waals surface area contributed by atoms with Gasteiger partial charge in [-0.25, -0.2) is 5.06 Å². The van der Waals surface area contributed by atoms with Gasteiger partial charge in [0.05, 0.1) is 31.3 Å². The number of carboxylic acids is 2. The van der Waals surface area contributed by atoms with E-state index in [-0.39, 0.29) is 32.5 Å². The summed E-state index contributed by atoms with van der Waals surface area (Å²) in [7, 11) is 0. The van der Waals surface area contributed by atoms with Gasteiger partial charge in [0.2, 0.25) is 11.8 Å². The van der Waals surface area contributed by atoms with Crippen LogP contribution in [-0.4, -0.2) is 76.3 Å². The third-order valence-corrected chi connectivity index (χ3v) is 5.29. The number of carboxylic acid groups (broad SMARTS) is 2. The van der Waals surface area contributed by atoms with Gasteiger partial charge in [0.1, 0.15) is 11.6 Å². The summed E-state index contributed by atoms with van der Waals surface area (Å²) in [5, 5.41) is 47.0. The molecule has 0 fully saturated rings. The van der Waals surface area contributed by atoms with Gasteiger partial charge in [-0.3, -0.25) is 19.6 Å². The second kappa shape index (κ2) is 18.3. The number of unbranched alkanes of at least 4 members (excludes halogenated alkanes) is 5. The fourth-order valence-electron chi connectivity index (χ4n) is 3.07. The van der Waals surface area contributed by atoms with E-state index in [9.17, 15) is 44.5 Å². The number of aliphatic carboxylic acids is 2. The lowest BCUT2D eigenvalue weighted by atomic mass is 9.94. The lowest BCUT2D eigenvalue weighted by molar-refractivity contribution is -0.438. The van der Waals surface area contributed by atoms with Gasteiger partial charge >= 0.3 is 0 Å². The van der Waals surface area contributed by atoms with Crippen molar-refractivity contribution in [1.82, 2.24) is 15.7 Å². The van der Waals surface area contributed by atoms with Crippen LogP contribution in [0.1, 0.15) is 71.1 Å². The van der Waals surface area contributed by atoms with Crippen LogP contribution in [0.2, 0.25) is 0 Å². The Balaban J connectivity index is 4.34. The second-order valence-electron chi connectivity index (χ2n) is 8.60. The monoisotopic (exact) mass is 515 g/mol. The maximum Gasteiger partial charge on any atom is 0.269 e. The fourth-order valence-corrected chi connectivity index (χ4v) is 3.07. The summed E-state index contributed by atoms with van der Waals surface area (Å²) in [5.74, 6) is -5.85. The van der Waals surface area contributed by atoms with Gasteiger partial charge in [0.25, 0.3) is 5.91 Å². The van der Waals surface area contributed by atoms with Gasteiger partial charge < -0.3 is 41.3 Å². The van der Waals surface area contributed by atoms with E-state index in [0.717, 1.165) is 32.1 Å². The molecular formula is C23H39N4O9-. The smallest absolute Gasteiger partial charge is 0.269 e. The highest BCUT2D eigenvalue weighted by Crippen LogP contribution is 2.15. The number of carbonyl (C=O) groups excluding carboxylic acids is 5. The van der Waals surface area contributed by atoms with Crippen molar-refractivity contribution < 1.29 is 50.2 Å². The number of nitrogens with zero attached hydrogens (tertiary/aromatic N) is 1. The van der Waals surface area contributed by atoms with Gasteiger partial charge in [0.15, 0.2) is 0 Å². The largest absolute Gasteiger partial charge is 0.547 e. The molecule has 0 radical (unpaired) electrons. The first-order chi connectivity index (χ1) is 16.9. The van der Waals surface area contributed by atoms with Crippen molar-refractivity contribution in [2.45, 2.75) is 82.8 Å². The van der Waals surface area contributed by atoms with E-state index >= 15 is 0 Å². The Morgan fingerprint density at radius 3 is 2.11 bits per heavy atom. The number of quaternary nitrogens is 1. The summed E-state index contributed by atoms with van der Waals surface area (Å²) >= 11 is 0. The minimum Gasteiger partial charge on any atom is -0.547 e. The molecule has 0 aromatic carbocycles. The average molecular weight is 516 g/mol. The lowest BCUT2D eigenvalue weighted by Gasteiger charge is -2.28. The maximum absolute atomic E-state index is 12.0. The molecule has 3 amide bonds. The van der Waals surface area contributed by atoms with Gasteiger partial charge in [0, 0.05) is 25.6 Å². The molecule has 0 aliphatic rings. The zero-order valence-electron chi connectivity index (χ0n) is 20.8. The summed E-state index contributed by atoms with van der Waals surface area (Å²) in [6.07, 6.45) is 7.33. The van der Waals surface area contributed by atoms with Crippen LogP contribution in [-0.2, 0) is 24.0 Å². The summed E-state index contributed by atoms with van der Waals surface area (Å²) in [6.45, 7) is 1.85. The minimum atomic E-state index is -2.79. The number of rotatable bonds is 20. The molecule has 13 heteroatoms. The van der Waals surface area contributed by atoms with Crippen LogP contribution in [0.15, 0.2) is 12.2 Å². The van der Waals surface area contributed by atoms with Crippen LogP contribution < -0.4 is 26.6 Å². The van der Waals surface area contributed by atoms with Gasteiger partial charge in [-0.05, 0) is 19.3 Å². The van der Waals surface area contributed by atoms with Gasteiger partial charge in [-0.2, -0.15) is 0 Å². The second-order valence-corrected chi connectivity index (χ2v) is 8.60. The third kappa shape index (κ3) is 15.1. The summed E-state index contributed by atoms with van der Waals surface area (Å²) < 4.78 is 0. The van der Waals surface area contributed by atoms with Crippen LogP contribution in [0, 0.1) is 0 Å². The number of nitrogens with one attached hydrogen (secondary N) is 2. The molecule has 0 rings (SSSR count). The Hall–Kier alpha value is -3.03. The number of hydrogen-bond donors (Lipinski definition) is 5. The first kappa shape index (κ1) is 33.0. The maximum atomic E-state index is 12.0. The Labute approximate surface area is 210 Å². The van der Waals surface area contributed by atoms with E-state index in [0.29, 0.717) is 5.06 Å².